The highest BCUT2D eigenvalue weighted by Crippen LogP contribution is 2.43. The Balaban J connectivity index is 1.99. The molecule has 1 amide bonds. The maximum Gasteiger partial charge on any atom is 0.308 e. The van der Waals surface area contributed by atoms with Gasteiger partial charge in [0.05, 0.1) is 19.1 Å². The predicted molar refractivity (Wildman–Crippen MR) is 130 cm³/mol. The molecule has 3 atom stereocenters. The SMILES string of the molecule is CCCCN1C(=O)C(CC(=O)OCC(C)C)OC(c2cccc(Cl)c2)C1c1ccc(Cl)cc1. The van der Waals surface area contributed by atoms with E-state index in [-0.39, 0.29) is 24.3 Å². The topological polar surface area (TPSA) is 55.8 Å². The first-order valence-electron chi connectivity index (χ1n) is 11.4. The number of morpholine rings is 1. The summed E-state index contributed by atoms with van der Waals surface area (Å²) in [6, 6.07) is 14.5. The van der Waals surface area contributed by atoms with Crippen LogP contribution in [0.1, 0.15) is 63.3 Å². The number of carbonyl (C=O) groups excluding carboxylic acids is 2. The number of hydrogen-bond acceptors (Lipinski definition) is 4. The van der Waals surface area contributed by atoms with Crippen LogP contribution in [0.25, 0.3) is 0 Å². The third-order valence-corrected chi connectivity index (χ3v) is 6.05. The Morgan fingerprint density at radius 3 is 2.45 bits per heavy atom. The molecule has 2 aromatic rings. The molecule has 33 heavy (non-hydrogen) atoms. The van der Waals surface area contributed by atoms with E-state index in [4.69, 9.17) is 32.7 Å². The van der Waals surface area contributed by atoms with Crippen LogP contribution < -0.4 is 0 Å². The Kier molecular flexibility index (Phi) is 9.19. The summed E-state index contributed by atoms with van der Waals surface area (Å²) in [4.78, 5) is 27.8. The molecule has 3 unspecified atom stereocenters. The van der Waals surface area contributed by atoms with E-state index in [0.29, 0.717) is 23.2 Å². The molecule has 1 aliphatic heterocycles. The van der Waals surface area contributed by atoms with Crippen molar-refractivity contribution in [3.05, 3.63) is 69.7 Å². The van der Waals surface area contributed by atoms with Crippen molar-refractivity contribution in [2.75, 3.05) is 13.2 Å². The van der Waals surface area contributed by atoms with Gasteiger partial charge in [-0.25, -0.2) is 0 Å². The molecule has 0 radical (unpaired) electrons. The molecule has 0 bridgehead atoms. The molecule has 3 rings (SSSR count). The number of esters is 1. The number of carbonyl (C=O) groups is 2. The molecule has 178 valence electrons. The third-order valence-electron chi connectivity index (χ3n) is 5.56. The van der Waals surface area contributed by atoms with E-state index in [1.807, 2.05) is 61.2 Å². The van der Waals surface area contributed by atoms with Crippen LogP contribution in [0.5, 0.6) is 0 Å². The van der Waals surface area contributed by atoms with Crippen LogP contribution in [-0.2, 0) is 19.1 Å². The Bertz CT molecular complexity index is 948. The molecule has 2 aromatic carbocycles. The van der Waals surface area contributed by atoms with Crippen molar-refractivity contribution in [2.24, 2.45) is 5.92 Å². The summed E-state index contributed by atoms with van der Waals surface area (Å²) in [5, 5.41) is 1.20. The lowest BCUT2D eigenvalue weighted by atomic mass is 9.91. The van der Waals surface area contributed by atoms with Gasteiger partial charge in [-0.1, -0.05) is 74.7 Å². The zero-order valence-corrected chi connectivity index (χ0v) is 20.8. The number of ether oxygens (including phenoxy) is 2. The van der Waals surface area contributed by atoms with Gasteiger partial charge in [-0.3, -0.25) is 9.59 Å². The van der Waals surface area contributed by atoms with Crippen LogP contribution in [0, 0.1) is 5.92 Å². The molecular weight excluding hydrogens is 461 g/mol. The normalized spacial score (nSPS) is 20.8. The molecule has 1 fully saturated rings. The molecule has 1 heterocycles. The molecule has 1 aliphatic rings. The van der Waals surface area contributed by atoms with Crippen LogP contribution in [0.4, 0.5) is 0 Å². The highest BCUT2D eigenvalue weighted by molar-refractivity contribution is 6.30. The Labute approximate surface area is 206 Å². The summed E-state index contributed by atoms with van der Waals surface area (Å²) < 4.78 is 11.7. The average Bonchev–Trinajstić information content (AvgIpc) is 2.78. The van der Waals surface area contributed by atoms with E-state index in [2.05, 4.69) is 6.92 Å². The van der Waals surface area contributed by atoms with Gasteiger partial charge in [0.15, 0.2) is 0 Å². The molecule has 0 aromatic heterocycles. The lowest BCUT2D eigenvalue weighted by Crippen LogP contribution is -2.51. The third kappa shape index (κ3) is 6.72. The first kappa shape index (κ1) is 25.5. The highest BCUT2D eigenvalue weighted by atomic mass is 35.5. The minimum atomic E-state index is -0.922. The van der Waals surface area contributed by atoms with Gasteiger partial charge in [-0.05, 0) is 47.7 Å². The van der Waals surface area contributed by atoms with E-state index in [9.17, 15) is 9.59 Å². The largest absolute Gasteiger partial charge is 0.465 e. The number of amides is 1. The maximum absolute atomic E-state index is 13.5. The van der Waals surface area contributed by atoms with E-state index >= 15 is 0 Å². The Morgan fingerprint density at radius 1 is 1.09 bits per heavy atom. The second-order valence-corrected chi connectivity index (χ2v) is 9.64. The van der Waals surface area contributed by atoms with Gasteiger partial charge in [0.2, 0.25) is 0 Å². The van der Waals surface area contributed by atoms with Crippen LogP contribution in [0.15, 0.2) is 48.5 Å². The maximum atomic E-state index is 13.5. The van der Waals surface area contributed by atoms with Crippen molar-refractivity contribution < 1.29 is 19.1 Å². The lowest BCUT2D eigenvalue weighted by molar-refractivity contribution is -0.180. The minimum Gasteiger partial charge on any atom is -0.465 e. The quantitative estimate of drug-likeness (QED) is 0.381. The smallest absolute Gasteiger partial charge is 0.308 e. The molecule has 5 nitrogen and oxygen atoms in total. The van der Waals surface area contributed by atoms with Crippen molar-refractivity contribution in [2.45, 2.75) is 58.3 Å². The molecule has 1 saturated heterocycles. The van der Waals surface area contributed by atoms with Crippen LogP contribution in [0.3, 0.4) is 0 Å². The summed E-state index contributed by atoms with van der Waals surface area (Å²) in [5.74, 6) is -0.429. The molecule has 7 heteroatoms. The van der Waals surface area contributed by atoms with Gasteiger partial charge in [0, 0.05) is 16.6 Å². The fourth-order valence-corrected chi connectivity index (χ4v) is 4.26. The monoisotopic (exact) mass is 491 g/mol. The fraction of sp³-hybridized carbons (Fsp3) is 0.462. The summed E-state index contributed by atoms with van der Waals surface area (Å²) in [7, 11) is 0. The number of unbranched alkanes of at least 4 members (excludes halogenated alkanes) is 1. The van der Waals surface area contributed by atoms with Crippen molar-refractivity contribution in [1.82, 2.24) is 4.90 Å². The number of benzene rings is 2. The molecule has 0 aliphatic carbocycles. The summed E-state index contributed by atoms with van der Waals surface area (Å²) in [6.07, 6.45) is 0.221. The van der Waals surface area contributed by atoms with Gasteiger partial charge in [0.1, 0.15) is 12.2 Å². The fourth-order valence-electron chi connectivity index (χ4n) is 3.94. The molecule has 0 spiro atoms. The zero-order chi connectivity index (χ0) is 24.0. The Hall–Kier alpha value is -2.08. The van der Waals surface area contributed by atoms with E-state index in [1.165, 1.54) is 0 Å². The number of rotatable bonds is 9. The zero-order valence-electron chi connectivity index (χ0n) is 19.3. The van der Waals surface area contributed by atoms with Crippen LogP contribution >= 0.6 is 23.2 Å². The second-order valence-electron chi connectivity index (χ2n) is 8.76. The van der Waals surface area contributed by atoms with E-state index in [0.717, 1.165) is 24.0 Å². The molecule has 0 saturated carbocycles. The molecule has 0 N–H and O–H groups in total. The number of nitrogens with zero attached hydrogens (tertiary/aromatic N) is 1. The van der Waals surface area contributed by atoms with E-state index in [1.54, 1.807) is 6.07 Å². The first-order valence-corrected chi connectivity index (χ1v) is 12.2. The van der Waals surface area contributed by atoms with Crippen molar-refractivity contribution in [1.29, 1.82) is 0 Å². The first-order chi connectivity index (χ1) is 15.8. The van der Waals surface area contributed by atoms with Crippen LogP contribution in [0.2, 0.25) is 10.0 Å². The van der Waals surface area contributed by atoms with Crippen molar-refractivity contribution in [3.63, 3.8) is 0 Å². The summed E-state index contributed by atoms with van der Waals surface area (Å²) in [6.45, 7) is 6.88. The summed E-state index contributed by atoms with van der Waals surface area (Å²) >= 11 is 12.4. The second kappa shape index (κ2) is 11.9. The lowest BCUT2D eigenvalue weighted by Gasteiger charge is -2.45. The summed E-state index contributed by atoms with van der Waals surface area (Å²) in [5.41, 5.74) is 1.76. The van der Waals surface area contributed by atoms with Gasteiger partial charge >= 0.3 is 5.97 Å². The minimum absolute atomic E-state index is 0.126. The molecular formula is C26H31Cl2NO4. The predicted octanol–water partition coefficient (Wildman–Crippen LogP) is 6.39. The van der Waals surface area contributed by atoms with Crippen molar-refractivity contribution in [3.8, 4) is 0 Å². The number of hydrogen-bond donors (Lipinski definition) is 0. The standard InChI is InChI=1S/C26H31Cl2NO4/c1-4-5-13-29-24(18-9-11-20(27)12-10-18)25(19-7-6-8-21(28)14-19)33-22(26(29)31)15-23(30)32-16-17(2)3/h6-12,14,17,22,24-25H,4-5,13,15-16H2,1-3H3. The van der Waals surface area contributed by atoms with Gasteiger partial charge in [0.25, 0.3) is 5.91 Å². The average molecular weight is 492 g/mol. The Morgan fingerprint density at radius 2 is 1.82 bits per heavy atom. The highest BCUT2D eigenvalue weighted by Gasteiger charge is 2.44. The van der Waals surface area contributed by atoms with Gasteiger partial charge in [-0.2, -0.15) is 0 Å². The van der Waals surface area contributed by atoms with Crippen LogP contribution in [-0.4, -0.2) is 36.0 Å². The van der Waals surface area contributed by atoms with Gasteiger partial charge in [-0.15, -0.1) is 0 Å². The van der Waals surface area contributed by atoms with Gasteiger partial charge < -0.3 is 14.4 Å². The number of halogens is 2. The van der Waals surface area contributed by atoms with E-state index < -0.39 is 18.2 Å². The van der Waals surface area contributed by atoms with Crippen molar-refractivity contribution >= 4 is 35.1 Å².